The van der Waals surface area contributed by atoms with Crippen molar-refractivity contribution in [3.05, 3.63) is 29.3 Å². The Morgan fingerprint density at radius 1 is 1.32 bits per heavy atom. The number of carboxylic acids is 1. The summed E-state index contributed by atoms with van der Waals surface area (Å²) in [6.07, 6.45) is 0. The summed E-state index contributed by atoms with van der Waals surface area (Å²) in [5.41, 5.74) is 6.40. The molecule has 4 heteroatoms. The fourth-order valence-electron chi connectivity index (χ4n) is 1.65. The molecule has 106 valence electrons. The van der Waals surface area contributed by atoms with Crippen molar-refractivity contribution in [1.82, 2.24) is 0 Å². The topological polar surface area (TPSA) is 72.5 Å². The second-order valence-corrected chi connectivity index (χ2v) is 6.26. The van der Waals surface area contributed by atoms with Crippen LogP contribution in [0.1, 0.15) is 38.8 Å². The lowest BCUT2D eigenvalue weighted by molar-refractivity contribution is -0.143. The van der Waals surface area contributed by atoms with Crippen molar-refractivity contribution in [2.45, 2.75) is 45.6 Å². The molecular formula is C15H23NO3. The molecule has 0 saturated heterocycles. The first-order valence-electron chi connectivity index (χ1n) is 6.30. The molecule has 0 spiro atoms. The molecule has 0 bridgehead atoms. The predicted molar refractivity (Wildman–Crippen MR) is 75.6 cm³/mol. The van der Waals surface area contributed by atoms with Gasteiger partial charge in [-0.3, -0.25) is 4.79 Å². The zero-order chi connectivity index (χ0) is 14.8. The van der Waals surface area contributed by atoms with E-state index in [9.17, 15) is 4.79 Å². The van der Waals surface area contributed by atoms with Crippen LogP contribution < -0.4 is 10.5 Å². The van der Waals surface area contributed by atoms with Gasteiger partial charge in [0.1, 0.15) is 17.9 Å². The molecule has 1 rings (SSSR count). The van der Waals surface area contributed by atoms with E-state index in [1.807, 2.05) is 19.1 Å². The standard InChI is InChI=1S/C15H23NO3/c1-10-6-7-12(11(8-10)14(2,3)4)19-9-15(5,16)13(17)18/h6-8H,9,16H2,1-5H3,(H,17,18). The first-order chi connectivity index (χ1) is 8.54. The molecule has 0 heterocycles. The minimum absolute atomic E-state index is 0.0610. The van der Waals surface area contributed by atoms with Gasteiger partial charge in [-0.1, -0.05) is 38.5 Å². The van der Waals surface area contributed by atoms with Crippen LogP contribution in [-0.2, 0) is 10.2 Å². The van der Waals surface area contributed by atoms with Crippen LogP contribution in [0.4, 0.5) is 0 Å². The van der Waals surface area contributed by atoms with Gasteiger partial charge in [0.05, 0.1) is 0 Å². The molecule has 0 aromatic heterocycles. The minimum Gasteiger partial charge on any atom is -0.491 e. The molecule has 0 aliphatic carbocycles. The maximum Gasteiger partial charge on any atom is 0.326 e. The van der Waals surface area contributed by atoms with E-state index in [2.05, 4.69) is 26.8 Å². The van der Waals surface area contributed by atoms with E-state index in [-0.39, 0.29) is 12.0 Å². The molecule has 0 amide bonds. The second-order valence-electron chi connectivity index (χ2n) is 6.26. The van der Waals surface area contributed by atoms with E-state index in [0.717, 1.165) is 11.1 Å². The van der Waals surface area contributed by atoms with Gasteiger partial charge in [0.15, 0.2) is 0 Å². The van der Waals surface area contributed by atoms with Gasteiger partial charge in [0, 0.05) is 0 Å². The van der Waals surface area contributed by atoms with Crippen LogP contribution in [0.25, 0.3) is 0 Å². The van der Waals surface area contributed by atoms with Crippen LogP contribution in [0.5, 0.6) is 5.75 Å². The number of carbonyl (C=O) groups is 1. The lowest BCUT2D eigenvalue weighted by atomic mass is 9.85. The molecule has 0 aliphatic rings. The Morgan fingerprint density at radius 2 is 1.89 bits per heavy atom. The highest BCUT2D eigenvalue weighted by Crippen LogP contribution is 2.32. The minimum atomic E-state index is -1.39. The fraction of sp³-hybridized carbons (Fsp3) is 0.533. The van der Waals surface area contributed by atoms with Crippen molar-refractivity contribution in [3.63, 3.8) is 0 Å². The van der Waals surface area contributed by atoms with Gasteiger partial charge in [0.2, 0.25) is 0 Å². The Kier molecular flexibility index (Phi) is 4.25. The van der Waals surface area contributed by atoms with Gasteiger partial charge in [-0.2, -0.15) is 0 Å². The average molecular weight is 265 g/mol. The summed E-state index contributed by atoms with van der Waals surface area (Å²) in [7, 11) is 0. The Labute approximate surface area is 114 Å². The van der Waals surface area contributed by atoms with Crippen molar-refractivity contribution in [2.24, 2.45) is 5.73 Å². The summed E-state index contributed by atoms with van der Waals surface area (Å²) in [5.74, 6) is -0.382. The summed E-state index contributed by atoms with van der Waals surface area (Å²) in [6.45, 7) is 9.67. The van der Waals surface area contributed by atoms with Gasteiger partial charge in [-0.15, -0.1) is 0 Å². The van der Waals surface area contributed by atoms with E-state index in [1.165, 1.54) is 6.92 Å². The Hall–Kier alpha value is -1.55. The van der Waals surface area contributed by atoms with Crippen molar-refractivity contribution >= 4 is 5.97 Å². The molecule has 1 atom stereocenters. The third kappa shape index (κ3) is 3.96. The molecule has 0 radical (unpaired) electrons. The Balaban J connectivity index is 3.00. The van der Waals surface area contributed by atoms with Gasteiger partial charge >= 0.3 is 5.97 Å². The molecule has 4 nitrogen and oxygen atoms in total. The quantitative estimate of drug-likeness (QED) is 0.877. The van der Waals surface area contributed by atoms with Gasteiger partial charge in [-0.05, 0) is 30.9 Å². The number of aryl methyl sites for hydroxylation is 1. The molecule has 0 aliphatic heterocycles. The van der Waals surface area contributed by atoms with Crippen molar-refractivity contribution in [2.75, 3.05) is 6.61 Å². The van der Waals surface area contributed by atoms with Crippen LogP contribution in [0, 0.1) is 6.92 Å². The van der Waals surface area contributed by atoms with Gasteiger partial charge < -0.3 is 15.6 Å². The van der Waals surface area contributed by atoms with Crippen molar-refractivity contribution in [1.29, 1.82) is 0 Å². The lowest BCUT2D eigenvalue weighted by Crippen LogP contribution is -2.50. The number of benzene rings is 1. The zero-order valence-corrected chi connectivity index (χ0v) is 12.3. The predicted octanol–water partition coefficient (Wildman–Crippen LogP) is 2.47. The number of aliphatic carboxylic acids is 1. The van der Waals surface area contributed by atoms with Crippen LogP contribution >= 0.6 is 0 Å². The molecule has 0 fully saturated rings. The first kappa shape index (κ1) is 15.5. The Bertz CT molecular complexity index is 473. The maximum atomic E-state index is 11.0. The van der Waals surface area contributed by atoms with Crippen molar-refractivity contribution < 1.29 is 14.6 Å². The van der Waals surface area contributed by atoms with Crippen LogP contribution in [0.3, 0.4) is 0 Å². The van der Waals surface area contributed by atoms with Gasteiger partial charge in [-0.25, -0.2) is 0 Å². The smallest absolute Gasteiger partial charge is 0.326 e. The summed E-state index contributed by atoms with van der Waals surface area (Å²) < 4.78 is 5.64. The molecule has 1 aromatic rings. The number of nitrogens with two attached hydrogens (primary N) is 1. The Morgan fingerprint density at radius 3 is 2.37 bits per heavy atom. The molecule has 0 saturated carbocycles. The maximum absolute atomic E-state index is 11.0. The number of ether oxygens (including phenoxy) is 1. The summed E-state index contributed by atoms with van der Waals surface area (Å²) in [6, 6.07) is 5.87. The first-order valence-corrected chi connectivity index (χ1v) is 6.30. The molecule has 3 N–H and O–H groups in total. The summed E-state index contributed by atoms with van der Waals surface area (Å²) >= 11 is 0. The number of hydrogen-bond donors (Lipinski definition) is 2. The van der Waals surface area contributed by atoms with Crippen LogP contribution in [-0.4, -0.2) is 23.2 Å². The van der Waals surface area contributed by atoms with E-state index >= 15 is 0 Å². The van der Waals surface area contributed by atoms with E-state index in [4.69, 9.17) is 15.6 Å². The van der Waals surface area contributed by atoms with Crippen LogP contribution in [0.2, 0.25) is 0 Å². The monoisotopic (exact) mass is 265 g/mol. The SMILES string of the molecule is Cc1ccc(OCC(C)(N)C(=O)O)c(C(C)(C)C)c1. The molecule has 1 unspecified atom stereocenters. The zero-order valence-electron chi connectivity index (χ0n) is 12.3. The molecular weight excluding hydrogens is 242 g/mol. The molecule has 19 heavy (non-hydrogen) atoms. The largest absolute Gasteiger partial charge is 0.491 e. The highest BCUT2D eigenvalue weighted by molar-refractivity contribution is 5.78. The van der Waals surface area contributed by atoms with Crippen LogP contribution in [0.15, 0.2) is 18.2 Å². The van der Waals surface area contributed by atoms with Gasteiger partial charge in [0.25, 0.3) is 0 Å². The molecule has 1 aromatic carbocycles. The summed E-state index contributed by atoms with van der Waals surface area (Å²) in [4.78, 5) is 11.0. The van der Waals surface area contributed by atoms with E-state index < -0.39 is 11.5 Å². The second kappa shape index (κ2) is 5.21. The number of rotatable bonds is 4. The highest BCUT2D eigenvalue weighted by atomic mass is 16.5. The van der Waals surface area contributed by atoms with E-state index in [1.54, 1.807) is 0 Å². The number of hydrogen-bond acceptors (Lipinski definition) is 3. The van der Waals surface area contributed by atoms with Crippen molar-refractivity contribution in [3.8, 4) is 5.75 Å². The highest BCUT2D eigenvalue weighted by Gasteiger charge is 2.30. The lowest BCUT2D eigenvalue weighted by Gasteiger charge is -2.26. The third-order valence-corrected chi connectivity index (χ3v) is 2.96. The summed E-state index contributed by atoms with van der Waals surface area (Å²) in [5, 5.41) is 8.99. The fourth-order valence-corrected chi connectivity index (χ4v) is 1.65. The van der Waals surface area contributed by atoms with E-state index in [0.29, 0.717) is 5.75 Å². The number of carboxylic acid groups (broad SMARTS) is 1. The normalized spacial score (nSPS) is 14.8. The third-order valence-electron chi connectivity index (χ3n) is 2.96. The average Bonchev–Trinajstić information content (AvgIpc) is 2.26.